The molecule has 1 aromatic carbocycles. The van der Waals surface area contributed by atoms with Gasteiger partial charge in [0.2, 0.25) is 5.91 Å². The SMILES string of the molecule is C=CC(=O)N1CC(C(=O)c2ccc(F)cc2)C1. The number of halogens is 1. The van der Waals surface area contributed by atoms with Gasteiger partial charge in [-0.3, -0.25) is 9.59 Å². The molecule has 1 heterocycles. The van der Waals surface area contributed by atoms with E-state index < -0.39 is 0 Å². The lowest BCUT2D eigenvalue weighted by molar-refractivity contribution is -0.130. The van der Waals surface area contributed by atoms with Crippen molar-refractivity contribution in [2.24, 2.45) is 5.92 Å². The second-order valence-corrected chi connectivity index (χ2v) is 4.02. The number of rotatable bonds is 3. The monoisotopic (exact) mass is 233 g/mol. The molecule has 0 saturated carbocycles. The van der Waals surface area contributed by atoms with Gasteiger partial charge in [-0.15, -0.1) is 0 Å². The molecule has 3 nitrogen and oxygen atoms in total. The summed E-state index contributed by atoms with van der Waals surface area (Å²) in [6, 6.07) is 5.46. The van der Waals surface area contributed by atoms with Gasteiger partial charge in [-0.05, 0) is 30.3 Å². The number of Topliss-reactive ketones (excluding diaryl/α,β-unsaturated/α-hetero) is 1. The standard InChI is InChI=1S/C13H12FNO2/c1-2-12(16)15-7-10(8-15)13(17)9-3-5-11(14)6-4-9/h2-6,10H,1,7-8H2. The van der Waals surface area contributed by atoms with E-state index >= 15 is 0 Å². The molecule has 1 aliphatic heterocycles. The van der Waals surface area contributed by atoms with Crippen molar-refractivity contribution in [3.8, 4) is 0 Å². The molecule has 1 fully saturated rings. The van der Waals surface area contributed by atoms with E-state index in [-0.39, 0.29) is 23.4 Å². The van der Waals surface area contributed by atoms with Crippen molar-refractivity contribution >= 4 is 11.7 Å². The first-order chi connectivity index (χ1) is 8.11. The van der Waals surface area contributed by atoms with Crippen LogP contribution in [-0.4, -0.2) is 29.7 Å². The minimum absolute atomic E-state index is 0.0434. The number of hydrogen-bond donors (Lipinski definition) is 0. The largest absolute Gasteiger partial charge is 0.338 e. The smallest absolute Gasteiger partial charge is 0.246 e. The maximum atomic E-state index is 12.7. The second-order valence-electron chi connectivity index (χ2n) is 4.02. The van der Waals surface area contributed by atoms with Gasteiger partial charge in [0.15, 0.2) is 5.78 Å². The Morgan fingerprint density at radius 3 is 2.41 bits per heavy atom. The Labute approximate surface area is 98.5 Å². The normalized spacial score (nSPS) is 15.2. The van der Waals surface area contributed by atoms with Crippen molar-refractivity contribution in [3.63, 3.8) is 0 Å². The fourth-order valence-corrected chi connectivity index (χ4v) is 1.80. The Balaban J connectivity index is 1.97. The van der Waals surface area contributed by atoms with Gasteiger partial charge in [0, 0.05) is 18.7 Å². The molecule has 17 heavy (non-hydrogen) atoms. The van der Waals surface area contributed by atoms with E-state index in [4.69, 9.17) is 0 Å². The number of hydrogen-bond acceptors (Lipinski definition) is 2. The lowest BCUT2D eigenvalue weighted by Crippen LogP contribution is -2.52. The summed E-state index contributed by atoms with van der Waals surface area (Å²) in [6.45, 7) is 4.22. The summed E-state index contributed by atoms with van der Waals surface area (Å²) in [5.41, 5.74) is 0.488. The lowest BCUT2D eigenvalue weighted by Gasteiger charge is -2.37. The summed E-state index contributed by atoms with van der Waals surface area (Å²) in [6.07, 6.45) is 1.23. The quantitative estimate of drug-likeness (QED) is 0.588. The first kappa shape index (κ1) is 11.5. The molecule has 1 aliphatic rings. The maximum absolute atomic E-state index is 12.7. The van der Waals surface area contributed by atoms with Crippen LogP contribution in [0.15, 0.2) is 36.9 Å². The molecule has 0 aromatic heterocycles. The van der Waals surface area contributed by atoms with E-state index in [9.17, 15) is 14.0 Å². The van der Waals surface area contributed by atoms with Gasteiger partial charge < -0.3 is 4.90 Å². The topological polar surface area (TPSA) is 37.4 Å². The third-order valence-electron chi connectivity index (χ3n) is 2.87. The molecule has 0 bridgehead atoms. The lowest BCUT2D eigenvalue weighted by atomic mass is 9.90. The number of amides is 1. The number of carbonyl (C=O) groups excluding carboxylic acids is 2. The average Bonchev–Trinajstić information content (AvgIpc) is 2.27. The number of likely N-dealkylation sites (tertiary alicyclic amines) is 1. The zero-order valence-electron chi connectivity index (χ0n) is 9.23. The molecule has 0 unspecified atom stereocenters. The highest BCUT2D eigenvalue weighted by Gasteiger charge is 2.34. The summed E-state index contributed by atoms with van der Waals surface area (Å²) in [7, 11) is 0. The predicted molar refractivity (Wildman–Crippen MR) is 61.0 cm³/mol. The molecule has 1 saturated heterocycles. The van der Waals surface area contributed by atoms with E-state index in [2.05, 4.69) is 6.58 Å². The second kappa shape index (κ2) is 4.49. The molecule has 1 amide bonds. The average molecular weight is 233 g/mol. The van der Waals surface area contributed by atoms with Crippen LogP contribution in [0.25, 0.3) is 0 Å². The third-order valence-corrected chi connectivity index (χ3v) is 2.87. The fraction of sp³-hybridized carbons (Fsp3) is 0.231. The summed E-state index contributed by atoms with van der Waals surface area (Å²) in [4.78, 5) is 24.7. The Morgan fingerprint density at radius 1 is 1.29 bits per heavy atom. The highest BCUT2D eigenvalue weighted by Crippen LogP contribution is 2.20. The van der Waals surface area contributed by atoms with Crippen LogP contribution in [0, 0.1) is 11.7 Å². The molecule has 1 aromatic rings. The first-order valence-corrected chi connectivity index (χ1v) is 5.33. The van der Waals surface area contributed by atoms with Gasteiger partial charge in [0.25, 0.3) is 0 Å². The summed E-state index contributed by atoms with van der Waals surface area (Å²) in [5, 5.41) is 0. The van der Waals surface area contributed by atoms with Crippen molar-refractivity contribution in [2.75, 3.05) is 13.1 Å². The molecule has 0 spiro atoms. The van der Waals surface area contributed by atoms with Crippen LogP contribution in [0.2, 0.25) is 0 Å². The number of carbonyl (C=O) groups is 2. The van der Waals surface area contributed by atoms with Gasteiger partial charge in [0.05, 0.1) is 5.92 Å². The van der Waals surface area contributed by atoms with Crippen LogP contribution in [0.4, 0.5) is 4.39 Å². The summed E-state index contributed by atoms with van der Waals surface area (Å²) >= 11 is 0. The summed E-state index contributed by atoms with van der Waals surface area (Å²) in [5.74, 6) is -0.741. The van der Waals surface area contributed by atoms with E-state index in [1.54, 1.807) is 4.90 Å². The number of benzene rings is 1. The highest BCUT2D eigenvalue weighted by molar-refractivity contribution is 6.00. The van der Waals surface area contributed by atoms with Crippen LogP contribution in [-0.2, 0) is 4.79 Å². The van der Waals surface area contributed by atoms with Crippen LogP contribution in [0.3, 0.4) is 0 Å². The van der Waals surface area contributed by atoms with Crippen molar-refractivity contribution in [3.05, 3.63) is 48.3 Å². The Morgan fingerprint density at radius 2 is 1.88 bits per heavy atom. The molecule has 2 rings (SSSR count). The molecule has 0 aliphatic carbocycles. The predicted octanol–water partition coefficient (Wildman–Crippen LogP) is 1.65. The Hall–Kier alpha value is -1.97. The first-order valence-electron chi connectivity index (χ1n) is 5.33. The van der Waals surface area contributed by atoms with Crippen LogP contribution >= 0.6 is 0 Å². The minimum atomic E-state index is -0.362. The van der Waals surface area contributed by atoms with Crippen LogP contribution < -0.4 is 0 Å². The molecule has 0 N–H and O–H groups in total. The van der Waals surface area contributed by atoms with Crippen LogP contribution in [0.5, 0.6) is 0 Å². The van der Waals surface area contributed by atoms with Gasteiger partial charge in [0.1, 0.15) is 5.82 Å². The van der Waals surface area contributed by atoms with Gasteiger partial charge in [-0.2, -0.15) is 0 Å². The molecule has 0 atom stereocenters. The van der Waals surface area contributed by atoms with Crippen molar-refractivity contribution in [1.82, 2.24) is 4.90 Å². The number of nitrogens with zero attached hydrogens (tertiary/aromatic N) is 1. The molecule has 4 heteroatoms. The third kappa shape index (κ3) is 2.25. The van der Waals surface area contributed by atoms with Crippen molar-refractivity contribution in [1.29, 1.82) is 0 Å². The van der Waals surface area contributed by atoms with E-state index in [1.807, 2.05) is 0 Å². The van der Waals surface area contributed by atoms with Gasteiger partial charge >= 0.3 is 0 Å². The van der Waals surface area contributed by atoms with Crippen LogP contribution in [0.1, 0.15) is 10.4 Å². The minimum Gasteiger partial charge on any atom is -0.338 e. The zero-order chi connectivity index (χ0) is 12.4. The number of ketones is 1. The van der Waals surface area contributed by atoms with E-state index in [1.165, 1.54) is 30.3 Å². The summed E-state index contributed by atoms with van der Waals surface area (Å²) < 4.78 is 12.7. The molecular weight excluding hydrogens is 221 g/mol. The Kier molecular flexibility index (Phi) is 3.04. The van der Waals surface area contributed by atoms with E-state index in [0.29, 0.717) is 18.7 Å². The Bertz CT molecular complexity index is 461. The highest BCUT2D eigenvalue weighted by atomic mass is 19.1. The fourth-order valence-electron chi connectivity index (χ4n) is 1.80. The van der Waals surface area contributed by atoms with E-state index in [0.717, 1.165) is 0 Å². The van der Waals surface area contributed by atoms with Crippen molar-refractivity contribution < 1.29 is 14.0 Å². The zero-order valence-corrected chi connectivity index (χ0v) is 9.23. The molecule has 88 valence electrons. The maximum Gasteiger partial charge on any atom is 0.246 e. The molecular formula is C13H12FNO2. The van der Waals surface area contributed by atoms with Crippen molar-refractivity contribution in [2.45, 2.75) is 0 Å². The van der Waals surface area contributed by atoms with Gasteiger partial charge in [-0.25, -0.2) is 4.39 Å². The van der Waals surface area contributed by atoms with Gasteiger partial charge in [-0.1, -0.05) is 6.58 Å². The molecule has 0 radical (unpaired) electrons.